The number of aliphatic hydroxyl groups is 1. The minimum absolute atomic E-state index is 0.221. The van der Waals surface area contributed by atoms with Gasteiger partial charge in [0.15, 0.2) is 0 Å². The predicted octanol–water partition coefficient (Wildman–Crippen LogP) is 1.90. The molecule has 0 aliphatic rings. The minimum atomic E-state index is -0.840. The summed E-state index contributed by atoms with van der Waals surface area (Å²) in [5.41, 5.74) is 0.993. The quantitative estimate of drug-likeness (QED) is 0.697. The van der Waals surface area contributed by atoms with Crippen molar-refractivity contribution in [2.75, 3.05) is 6.54 Å². The summed E-state index contributed by atoms with van der Waals surface area (Å²) < 4.78 is 0. The van der Waals surface area contributed by atoms with Gasteiger partial charge in [-0.1, -0.05) is 30.3 Å². The van der Waals surface area contributed by atoms with Crippen molar-refractivity contribution in [3.8, 4) is 0 Å². The molecule has 0 aliphatic heterocycles. The Balaban J connectivity index is 2.49. The maximum absolute atomic E-state index is 11.3. The lowest BCUT2D eigenvalue weighted by Gasteiger charge is -2.18. The van der Waals surface area contributed by atoms with E-state index in [1.807, 2.05) is 24.3 Å². The van der Waals surface area contributed by atoms with Gasteiger partial charge in [-0.2, -0.15) is 0 Å². The van der Waals surface area contributed by atoms with Crippen LogP contribution in [0.1, 0.15) is 25.0 Å². The Hall–Kier alpha value is -1.81. The first-order chi connectivity index (χ1) is 8.43. The molecule has 4 nitrogen and oxygen atoms in total. The summed E-state index contributed by atoms with van der Waals surface area (Å²) >= 11 is 0. The molecule has 1 rings (SSSR count). The summed E-state index contributed by atoms with van der Waals surface area (Å²) in [7, 11) is 0. The number of amides is 2. The summed E-state index contributed by atoms with van der Waals surface area (Å²) in [6, 6.07) is 7.28. The molecular formula is C14H20N2O2. The first kappa shape index (κ1) is 14.3. The van der Waals surface area contributed by atoms with Gasteiger partial charge < -0.3 is 15.7 Å². The van der Waals surface area contributed by atoms with Crippen molar-refractivity contribution in [3.05, 3.63) is 48.0 Å². The Morgan fingerprint density at radius 1 is 1.33 bits per heavy atom. The number of hydrogen-bond acceptors (Lipinski definition) is 2. The van der Waals surface area contributed by atoms with E-state index in [1.165, 1.54) is 0 Å². The van der Waals surface area contributed by atoms with Gasteiger partial charge in [-0.3, -0.25) is 0 Å². The van der Waals surface area contributed by atoms with Crippen LogP contribution < -0.4 is 10.6 Å². The van der Waals surface area contributed by atoms with Crippen molar-refractivity contribution in [1.82, 2.24) is 10.6 Å². The summed E-state index contributed by atoms with van der Waals surface area (Å²) in [6.45, 7) is 7.90. The molecule has 4 heteroatoms. The topological polar surface area (TPSA) is 61.4 Å². The van der Waals surface area contributed by atoms with Crippen LogP contribution in [0.15, 0.2) is 36.9 Å². The second kappa shape index (κ2) is 6.21. The first-order valence-electron chi connectivity index (χ1n) is 5.88. The molecule has 18 heavy (non-hydrogen) atoms. The van der Waals surface area contributed by atoms with Crippen LogP contribution in [-0.4, -0.2) is 17.7 Å². The highest BCUT2D eigenvalue weighted by Gasteiger charge is 2.14. The normalized spacial score (nSPS) is 10.8. The van der Waals surface area contributed by atoms with Crippen LogP contribution in [-0.2, 0) is 12.1 Å². The molecule has 2 amide bonds. The molecule has 3 N–H and O–H groups in total. The van der Waals surface area contributed by atoms with E-state index < -0.39 is 5.60 Å². The van der Waals surface area contributed by atoms with Gasteiger partial charge in [0.2, 0.25) is 0 Å². The highest BCUT2D eigenvalue weighted by atomic mass is 16.3. The summed E-state index contributed by atoms with van der Waals surface area (Å²) in [6.07, 6.45) is 1.62. The molecule has 1 aromatic carbocycles. The van der Waals surface area contributed by atoms with Gasteiger partial charge in [0, 0.05) is 13.1 Å². The molecular weight excluding hydrogens is 228 g/mol. The van der Waals surface area contributed by atoms with Crippen LogP contribution in [0.4, 0.5) is 4.79 Å². The molecule has 1 aromatic rings. The Labute approximate surface area is 108 Å². The number of carbonyl (C=O) groups is 1. The molecule has 0 radical (unpaired) electrons. The monoisotopic (exact) mass is 248 g/mol. The summed E-state index contributed by atoms with van der Waals surface area (Å²) in [4.78, 5) is 11.3. The largest absolute Gasteiger partial charge is 0.386 e. The van der Waals surface area contributed by atoms with Crippen LogP contribution in [0.2, 0.25) is 0 Å². The van der Waals surface area contributed by atoms with Gasteiger partial charge in [-0.15, -0.1) is 6.58 Å². The molecule has 0 aromatic heterocycles. The highest BCUT2D eigenvalue weighted by molar-refractivity contribution is 5.73. The smallest absolute Gasteiger partial charge is 0.315 e. The lowest BCUT2D eigenvalue weighted by molar-refractivity contribution is 0.0786. The number of nitrogens with one attached hydrogen (secondary N) is 2. The van der Waals surface area contributed by atoms with Crippen molar-refractivity contribution >= 4 is 6.03 Å². The number of benzene rings is 1. The second-order valence-electron chi connectivity index (χ2n) is 4.61. The van der Waals surface area contributed by atoms with E-state index in [1.54, 1.807) is 19.9 Å². The Morgan fingerprint density at radius 3 is 2.44 bits per heavy atom. The Bertz CT molecular complexity index is 405. The van der Waals surface area contributed by atoms with Gasteiger partial charge in [0.1, 0.15) is 0 Å². The number of urea groups is 1. The Morgan fingerprint density at radius 2 is 1.94 bits per heavy atom. The van der Waals surface area contributed by atoms with E-state index in [0.29, 0.717) is 13.1 Å². The van der Waals surface area contributed by atoms with Crippen molar-refractivity contribution < 1.29 is 9.90 Å². The highest BCUT2D eigenvalue weighted by Crippen LogP contribution is 2.19. The summed E-state index contributed by atoms with van der Waals surface area (Å²) in [5.74, 6) is 0. The molecule has 0 spiro atoms. The molecule has 0 bridgehead atoms. The molecule has 0 saturated carbocycles. The van der Waals surface area contributed by atoms with Gasteiger partial charge in [0.05, 0.1) is 5.60 Å². The Kier molecular flexibility index (Phi) is 4.92. The number of carbonyl (C=O) groups excluding carboxylic acids is 1. The van der Waals surface area contributed by atoms with Gasteiger partial charge >= 0.3 is 6.03 Å². The number of hydrogen-bond donors (Lipinski definition) is 3. The van der Waals surface area contributed by atoms with Crippen LogP contribution in [0.3, 0.4) is 0 Å². The zero-order chi connectivity index (χ0) is 13.6. The van der Waals surface area contributed by atoms with Crippen LogP contribution in [0, 0.1) is 0 Å². The predicted molar refractivity (Wildman–Crippen MR) is 72.1 cm³/mol. The van der Waals surface area contributed by atoms with Gasteiger partial charge in [-0.25, -0.2) is 4.79 Å². The zero-order valence-electron chi connectivity index (χ0n) is 10.9. The average Bonchev–Trinajstić information content (AvgIpc) is 2.33. The number of rotatable bonds is 5. The van der Waals surface area contributed by atoms with E-state index in [0.717, 1.165) is 11.1 Å². The van der Waals surface area contributed by atoms with Gasteiger partial charge in [0.25, 0.3) is 0 Å². The van der Waals surface area contributed by atoms with Gasteiger partial charge in [-0.05, 0) is 25.0 Å². The van der Waals surface area contributed by atoms with E-state index in [4.69, 9.17) is 0 Å². The molecule has 0 heterocycles. The third kappa shape index (κ3) is 4.59. The second-order valence-corrected chi connectivity index (χ2v) is 4.61. The van der Waals surface area contributed by atoms with E-state index in [2.05, 4.69) is 17.2 Å². The maximum Gasteiger partial charge on any atom is 0.315 e. The SMILES string of the molecule is C=CCNC(=O)NCc1ccc(C(C)(C)O)cc1. The molecule has 98 valence electrons. The fourth-order valence-electron chi connectivity index (χ4n) is 1.44. The zero-order valence-corrected chi connectivity index (χ0v) is 10.9. The van der Waals surface area contributed by atoms with Crippen molar-refractivity contribution in [3.63, 3.8) is 0 Å². The summed E-state index contributed by atoms with van der Waals surface area (Å²) in [5, 5.41) is 15.2. The molecule has 0 unspecified atom stereocenters. The average molecular weight is 248 g/mol. The third-order valence-electron chi connectivity index (χ3n) is 2.52. The lowest BCUT2D eigenvalue weighted by Crippen LogP contribution is -2.34. The van der Waals surface area contributed by atoms with Crippen molar-refractivity contribution in [2.45, 2.75) is 26.0 Å². The van der Waals surface area contributed by atoms with Crippen LogP contribution in [0.25, 0.3) is 0 Å². The molecule has 0 saturated heterocycles. The minimum Gasteiger partial charge on any atom is -0.386 e. The van der Waals surface area contributed by atoms with E-state index in [9.17, 15) is 9.90 Å². The van der Waals surface area contributed by atoms with Crippen molar-refractivity contribution in [1.29, 1.82) is 0 Å². The van der Waals surface area contributed by atoms with E-state index in [-0.39, 0.29) is 6.03 Å². The standard InChI is InChI=1S/C14H20N2O2/c1-4-9-15-13(17)16-10-11-5-7-12(8-6-11)14(2,3)18/h4-8,18H,1,9-10H2,2-3H3,(H2,15,16,17). The molecule has 0 fully saturated rings. The third-order valence-corrected chi connectivity index (χ3v) is 2.52. The first-order valence-corrected chi connectivity index (χ1v) is 5.88. The molecule has 0 atom stereocenters. The van der Waals surface area contributed by atoms with E-state index >= 15 is 0 Å². The van der Waals surface area contributed by atoms with Crippen LogP contribution in [0.5, 0.6) is 0 Å². The molecule has 0 aliphatic carbocycles. The lowest BCUT2D eigenvalue weighted by atomic mass is 9.97. The van der Waals surface area contributed by atoms with Crippen LogP contribution >= 0.6 is 0 Å². The maximum atomic E-state index is 11.3. The fourth-order valence-corrected chi connectivity index (χ4v) is 1.44. The van der Waals surface area contributed by atoms with Crippen molar-refractivity contribution in [2.24, 2.45) is 0 Å². The fraction of sp³-hybridized carbons (Fsp3) is 0.357.